The van der Waals surface area contributed by atoms with Gasteiger partial charge in [-0.3, -0.25) is 0 Å². The second kappa shape index (κ2) is 10.2. The Labute approximate surface area is 180 Å². The first-order valence-corrected chi connectivity index (χ1v) is 12.5. The number of nitrogens with zero attached hydrogens (tertiary/aromatic N) is 1. The summed E-state index contributed by atoms with van der Waals surface area (Å²) in [6.45, 7) is 6.40. The maximum absolute atomic E-state index is 6.96. The first-order chi connectivity index (χ1) is 14.5. The third-order valence-electron chi connectivity index (χ3n) is 4.99. The van der Waals surface area contributed by atoms with Gasteiger partial charge >= 0.3 is 0 Å². The summed E-state index contributed by atoms with van der Waals surface area (Å²) in [7, 11) is -0.840. The highest BCUT2D eigenvalue weighted by atomic mass is 28.4. The number of rotatable bonds is 9. The van der Waals surface area contributed by atoms with Crippen molar-refractivity contribution in [3.05, 3.63) is 90.5 Å². The minimum Gasteiger partial charge on any atom is -0.497 e. The van der Waals surface area contributed by atoms with Crippen LogP contribution in [0.2, 0.25) is 6.55 Å². The molecule has 5 heteroatoms. The Morgan fingerprint density at radius 1 is 0.833 bits per heavy atom. The van der Waals surface area contributed by atoms with E-state index < -0.39 is 8.32 Å². The minimum absolute atomic E-state index is 0.268. The summed E-state index contributed by atoms with van der Waals surface area (Å²) in [6.07, 6.45) is -0.268. The fourth-order valence-corrected chi connectivity index (χ4v) is 6.39. The van der Waals surface area contributed by atoms with Crippen molar-refractivity contribution in [2.45, 2.75) is 26.5 Å². The van der Waals surface area contributed by atoms with E-state index in [-0.39, 0.29) is 6.10 Å². The highest BCUT2D eigenvalue weighted by Crippen LogP contribution is 2.25. The van der Waals surface area contributed by atoms with Crippen LogP contribution in [0, 0.1) is 0 Å². The zero-order valence-corrected chi connectivity index (χ0v) is 19.0. The van der Waals surface area contributed by atoms with Gasteiger partial charge in [0, 0.05) is 0 Å². The Morgan fingerprint density at radius 3 is 1.83 bits per heavy atom. The molecule has 0 saturated carbocycles. The van der Waals surface area contributed by atoms with Crippen molar-refractivity contribution in [2.75, 3.05) is 13.7 Å². The van der Waals surface area contributed by atoms with E-state index in [0.717, 1.165) is 17.0 Å². The molecule has 0 aliphatic rings. The van der Waals surface area contributed by atoms with E-state index in [0.29, 0.717) is 6.61 Å². The van der Waals surface area contributed by atoms with Gasteiger partial charge in [-0.2, -0.15) is 0 Å². The molecule has 0 fully saturated rings. The predicted molar refractivity (Wildman–Crippen MR) is 125 cm³/mol. The van der Waals surface area contributed by atoms with Gasteiger partial charge in [-0.25, -0.2) is 0 Å². The average Bonchev–Trinajstić information content (AvgIpc) is 2.79. The Bertz CT molecular complexity index is 900. The van der Waals surface area contributed by atoms with E-state index >= 15 is 0 Å². The molecular weight excluding hydrogens is 390 g/mol. The van der Waals surface area contributed by atoms with Gasteiger partial charge in [0.1, 0.15) is 18.5 Å². The van der Waals surface area contributed by atoms with Crippen LogP contribution in [0.4, 0.5) is 0 Å². The van der Waals surface area contributed by atoms with Gasteiger partial charge in [-0.1, -0.05) is 78.0 Å². The Kier molecular flexibility index (Phi) is 7.44. The molecule has 0 amide bonds. The standard InChI is InChI=1S/C25H29NO3Si/c1-20(2)26-28-19-25(21-15-17-22(27-3)18-16-21)29-30(4,23-11-7-5-8-12-23)24-13-9-6-10-14-24/h5-18,25H,19H2,1-4H3/t25-/m0/s1. The Hall–Kier alpha value is -2.89. The van der Waals surface area contributed by atoms with Crippen LogP contribution in [0.15, 0.2) is 90.1 Å². The molecule has 0 bridgehead atoms. The third-order valence-corrected chi connectivity index (χ3v) is 8.61. The highest BCUT2D eigenvalue weighted by Gasteiger charge is 2.37. The van der Waals surface area contributed by atoms with Crippen molar-refractivity contribution in [3.8, 4) is 5.75 Å². The zero-order chi connectivity index (χ0) is 21.4. The van der Waals surface area contributed by atoms with Crippen LogP contribution in [-0.4, -0.2) is 27.7 Å². The molecule has 156 valence electrons. The molecule has 0 saturated heterocycles. The van der Waals surface area contributed by atoms with E-state index in [1.54, 1.807) is 7.11 Å². The fraction of sp³-hybridized carbons (Fsp3) is 0.240. The molecule has 0 aromatic heterocycles. The molecule has 4 nitrogen and oxygen atoms in total. The summed E-state index contributed by atoms with van der Waals surface area (Å²) in [5.41, 5.74) is 1.90. The van der Waals surface area contributed by atoms with Crippen molar-refractivity contribution in [1.82, 2.24) is 0 Å². The van der Waals surface area contributed by atoms with Gasteiger partial charge in [0.2, 0.25) is 0 Å². The monoisotopic (exact) mass is 419 g/mol. The van der Waals surface area contributed by atoms with Crippen molar-refractivity contribution in [2.24, 2.45) is 5.16 Å². The summed E-state index contributed by atoms with van der Waals surface area (Å²) in [5, 5.41) is 6.55. The van der Waals surface area contributed by atoms with Crippen molar-refractivity contribution < 1.29 is 14.0 Å². The smallest absolute Gasteiger partial charge is 0.253 e. The Morgan fingerprint density at radius 2 is 1.37 bits per heavy atom. The second-order valence-electron chi connectivity index (χ2n) is 7.48. The molecule has 0 spiro atoms. The van der Waals surface area contributed by atoms with E-state index in [9.17, 15) is 0 Å². The second-order valence-corrected chi connectivity index (χ2v) is 10.9. The summed E-state index contributed by atoms with van der Waals surface area (Å²) >= 11 is 0. The summed E-state index contributed by atoms with van der Waals surface area (Å²) in [6, 6.07) is 28.9. The number of ether oxygens (including phenoxy) is 1. The lowest BCUT2D eigenvalue weighted by Gasteiger charge is -2.33. The maximum atomic E-state index is 6.96. The predicted octanol–water partition coefficient (Wildman–Crippen LogP) is 4.56. The molecule has 3 rings (SSSR count). The van der Waals surface area contributed by atoms with Gasteiger partial charge in [0.15, 0.2) is 0 Å². The molecule has 1 atom stereocenters. The van der Waals surface area contributed by atoms with E-state index in [4.69, 9.17) is 14.0 Å². The van der Waals surface area contributed by atoms with Gasteiger partial charge in [-0.15, -0.1) is 0 Å². The molecule has 30 heavy (non-hydrogen) atoms. The van der Waals surface area contributed by atoms with Crippen molar-refractivity contribution in [3.63, 3.8) is 0 Å². The van der Waals surface area contributed by atoms with Crippen molar-refractivity contribution >= 4 is 24.4 Å². The van der Waals surface area contributed by atoms with Crippen molar-refractivity contribution in [1.29, 1.82) is 0 Å². The molecule has 0 heterocycles. The maximum Gasteiger partial charge on any atom is 0.253 e. The van der Waals surface area contributed by atoms with Gasteiger partial charge in [0.05, 0.1) is 12.8 Å². The minimum atomic E-state index is -2.51. The molecule has 0 radical (unpaired) electrons. The quantitative estimate of drug-likeness (QED) is 0.290. The SMILES string of the molecule is COc1ccc([C@H](CON=C(C)C)O[Si](C)(c2ccccc2)c2ccccc2)cc1. The molecule has 0 aliphatic heterocycles. The fourth-order valence-electron chi connectivity index (χ4n) is 3.35. The molecule has 3 aromatic carbocycles. The lowest BCUT2D eigenvalue weighted by molar-refractivity contribution is 0.0511. The number of benzene rings is 3. The third kappa shape index (κ3) is 5.37. The normalized spacial score (nSPS) is 12.1. The summed E-state index contributed by atoms with van der Waals surface area (Å²) in [4.78, 5) is 5.64. The van der Waals surface area contributed by atoms with E-state index in [1.807, 2.05) is 50.2 Å². The molecule has 0 unspecified atom stereocenters. The van der Waals surface area contributed by atoms with Gasteiger partial charge in [0.25, 0.3) is 8.32 Å². The molecular formula is C25H29NO3Si. The van der Waals surface area contributed by atoms with Gasteiger partial charge in [-0.05, 0) is 48.5 Å². The van der Waals surface area contributed by atoms with Crippen LogP contribution in [0.25, 0.3) is 0 Å². The summed E-state index contributed by atoms with van der Waals surface area (Å²) in [5.74, 6) is 0.812. The number of methoxy groups -OCH3 is 1. The molecule has 0 aliphatic carbocycles. The lowest BCUT2D eigenvalue weighted by Crippen LogP contribution is -2.59. The van der Waals surface area contributed by atoms with Gasteiger partial charge < -0.3 is 14.0 Å². The topological polar surface area (TPSA) is 40.0 Å². The lowest BCUT2D eigenvalue weighted by atomic mass is 10.1. The first-order valence-electron chi connectivity index (χ1n) is 10.1. The van der Waals surface area contributed by atoms with Crippen LogP contribution < -0.4 is 15.1 Å². The first kappa shape index (κ1) is 21.8. The van der Waals surface area contributed by atoms with Crippen LogP contribution in [0.3, 0.4) is 0 Å². The number of hydrogen-bond donors (Lipinski definition) is 0. The number of oxime groups is 1. The van der Waals surface area contributed by atoms with Crippen LogP contribution in [0.1, 0.15) is 25.5 Å². The van der Waals surface area contributed by atoms with E-state index in [2.05, 4.69) is 60.2 Å². The molecule has 3 aromatic rings. The van der Waals surface area contributed by atoms with Crippen LogP contribution >= 0.6 is 0 Å². The highest BCUT2D eigenvalue weighted by molar-refractivity contribution is 6.96. The summed E-state index contributed by atoms with van der Waals surface area (Å²) < 4.78 is 12.3. The zero-order valence-electron chi connectivity index (χ0n) is 18.0. The average molecular weight is 420 g/mol. The van der Waals surface area contributed by atoms with E-state index in [1.165, 1.54) is 10.4 Å². The molecule has 0 N–H and O–H groups in total. The largest absolute Gasteiger partial charge is 0.497 e. The van der Waals surface area contributed by atoms with Crippen LogP contribution in [-0.2, 0) is 9.26 Å². The Balaban J connectivity index is 2.00. The van der Waals surface area contributed by atoms with Crippen LogP contribution in [0.5, 0.6) is 5.75 Å². The number of hydrogen-bond acceptors (Lipinski definition) is 4.